The number of amides is 1. The van der Waals surface area contributed by atoms with Crippen LogP contribution in [-0.4, -0.2) is 41.1 Å². The van der Waals surface area contributed by atoms with Crippen molar-refractivity contribution < 1.29 is 19.4 Å². The summed E-state index contributed by atoms with van der Waals surface area (Å²) in [6, 6.07) is 4.48. The fourth-order valence-corrected chi connectivity index (χ4v) is 2.50. The Morgan fingerprint density at radius 2 is 2.00 bits per heavy atom. The lowest BCUT2D eigenvalue weighted by molar-refractivity contribution is -0.138. The Bertz CT molecular complexity index is 526. The van der Waals surface area contributed by atoms with Crippen LogP contribution in [0.2, 0.25) is 0 Å². The second-order valence-electron chi connectivity index (χ2n) is 4.74. The second-order valence-corrected chi connectivity index (χ2v) is 5.66. The van der Waals surface area contributed by atoms with Crippen molar-refractivity contribution >= 4 is 27.8 Å². The number of hydrogen-bond donors (Lipinski definition) is 1. The maximum absolute atomic E-state index is 12.0. The summed E-state index contributed by atoms with van der Waals surface area (Å²) in [4.78, 5) is 25.7. The molecule has 1 fully saturated rings. The normalized spacial score (nSPS) is 16.0. The summed E-state index contributed by atoms with van der Waals surface area (Å²) in [7, 11) is 0. The monoisotopic (exact) mass is 341 g/mol. The molecule has 6 heteroatoms. The molecule has 1 aromatic carbocycles. The molecule has 1 saturated heterocycles. The zero-order valence-corrected chi connectivity index (χ0v) is 12.7. The number of carbonyl (C=O) groups excluding carboxylic acids is 2. The predicted molar refractivity (Wildman–Crippen MR) is 76.5 cm³/mol. The summed E-state index contributed by atoms with van der Waals surface area (Å²) in [5.41, 5.74) is 0.0421. The topological polar surface area (TPSA) is 66.8 Å². The minimum atomic E-state index is -0.848. The smallest absolute Gasteiger partial charge is 0.342 e. The highest BCUT2D eigenvalue weighted by Gasteiger charge is 2.27. The maximum atomic E-state index is 12.0. The molecule has 0 aromatic heterocycles. The lowest BCUT2D eigenvalue weighted by atomic mass is 10.2. The summed E-state index contributed by atoms with van der Waals surface area (Å²) in [6.45, 7) is 2.97. The van der Waals surface area contributed by atoms with E-state index in [9.17, 15) is 14.7 Å². The van der Waals surface area contributed by atoms with Gasteiger partial charge < -0.3 is 14.7 Å². The van der Waals surface area contributed by atoms with Crippen molar-refractivity contribution in [2.24, 2.45) is 0 Å². The van der Waals surface area contributed by atoms with Gasteiger partial charge in [-0.15, -0.1) is 0 Å². The Kier molecular flexibility index (Phi) is 4.65. The van der Waals surface area contributed by atoms with Crippen molar-refractivity contribution in [2.45, 2.75) is 25.9 Å². The van der Waals surface area contributed by atoms with E-state index in [0.717, 1.165) is 12.8 Å². The molecule has 1 amide bonds. The molecular formula is C14H16BrNO4. The van der Waals surface area contributed by atoms with Crippen LogP contribution in [0.4, 0.5) is 0 Å². The van der Waals surface area contributed by atoms with E-state index in [2.05, 4.69) is 15.9 Å². The van der Waals surface area contributed by atoms with Crippen LogP contribution in [0.3, 0.4) is 0 Å². The molecule has 2 rings (SSSR count). The van der Waals surface area contributed by atoms with Crippen molar-refractivity contribution in [3.8, 4) is 5.75 Å². The molecule has 1 heterocycles. The number of esters is 1. The van der Waals surface area contributed by atoms with Gasteiger partial charge in [0.05, 0.1) is 0 Å². The molecule has 20 heavy (non-hydrogen) atoms. The van der Waals surface area contributed by atoms with Crippen LogP contribution in [0, 0.1) is 0 Å². The first-order valence-corrected chi connectivity index (χ1v) is 7.26. The summed E-state index contributed by atoms with van der Waals surface area (Å²) in [6.07, 6.45) is 1.12. The number of ether oxygens (including phenoxy) is 1. The Morgan fingerprint density at radius 3 is 2.65 bits per heavy atom. The molecule has 0 radical (unpaired) electrons. The average Bonchev–Trinajstić information content (AvgIpc) is 2.94. The summed E-state index contributed by atoms with van der Waals surface area (Å²) < 4.78 is 5.79. The Balaban J connectivity index is 2.03. The van der Waals surface area contributed by atoms with E-state index in [4.69, 9.17) is 4.74 Å². The molecule has 1 aliphatic heterocycles. The van der Waals surface area contributed by atoms with E-state index in [1.54, 1.807) is 17.9 Å². The van der Waals surface area contributed by atoms with E-state index < -0.39 is 12.1 Å². The van der Waals surface area contributed by atoms with Crippen LogP contribution in [0.1, 0.15) is 30.1 Å². The van der Waals surface area contributed by atoms with Gasteiger partial charge in [-0.3, -0.25) is 4.79 Å². The van der Waals surface area contributed by atoms with Crippen LogP contribution in [-0.2, 0) is 9.53 Å². The number of phenols is 1. The number of phenolic OH excluding ortho intramolecular Hbond substituents is 1. The first-order valence-electron chi connectivity index (χ1n) is 6.47. The molecule has 1 N–H and O–H groups in total. The van der Waals surface area contributed by atoms with E-state index >= 15 is 0 Å². The molecule has 1 atom stereocenters. The molecule has 1 aliphatic rings. The Labute approximate surface area is 125 Å². The molecule has 108 valence electrons. The van der Waals surface area contributed by atoms with Crippen molar-refractivity contribution in [2.75, 3.05) is 13.1 Å². The van der Waals surface area contributed by atoms with Gasteiger partial charge in [0.1, 0.15) is 11.3 Å². The number of likely N-dealkylation sites (tertiary alicyclic amines) is 1. The van der Waals surface area contributed by atoms with Gasteiger partial charge in [-0.05, 0) is 38.0 Å². The van der Waals surface area contributed by atoms with Gasteiger partial charge in [0, 0.05) is 17.6 Å². The fraction of sp³-hybridized carbons (Fsp3) is 0.429. The third-order valence-corrected chi connectivity index (χ3v) is 3.72. The quantitative estimate of drug-likeness (QED) is 0.856. The largest absolute Gasteiger partial charge is 0.507 e. The lowest BCUT2D eigenvalue weighted by Gasteiger charge is -2.20. The van der Waals surface area contributed by atoms with E-state index in [-0.39, 0.29) is 17.2 Å². The van der Waals surface area contributed by atoms with Gasteiger partial charge >= 0.3 is 5.97 Å². The summed E-state index contributed by atoms with van der Waals surface area (Å²) >= 11 is 3.22. The number of nitrogens with zero attached hydrogens (tertiary/aromatic N) is 1. The van der Waals surface area contributed by atoms with Crippen LogP contribution < -0.4 is 0 Å². The van der Waals surface area contributed by atoms with Crippen LogP contribution in [0.5, 0.6) is 5.75 Å². The van der Waals surface area contributed by atoms with Gasteiger partial charge in [-0.1, -0.05) is 15.9 Å². The molecule has 0 spiro atoms. The first kappa shape index (κ1) is 14.8. The first-order chi connectivity index (χ1) is 9.49. The number of halogens is 1. The maximum Gasteiger partial charge on any atom is 0.342 e. The summed E-state index contributed by atoms with van der Waals surface area (Å²) in [5, 5.41) is 9.65. The molecule has 0 aliphatic carbocycles. The lowest BCUT2D eigenvalue weighted by Crippen LogP contribution is -2.38. The number of rotatable bonds is 3. The fourth-order valence-electron chi connectivity index (χ4n) is 2.14. The third kappa shape index (κ3) is 3.30. The molecule has 1 aromatic rings. The predicted octanol–water partition coefficient (Wildman–Crippen LogP) is 2.32. The average molecular weight is 342 g/mol. The Morgan fingerprint density at radius 1 is 1.35 bits per heavy atom. The minimum absolute atomic E-state index is 0.0421. The zero-order valence-electron chi connectivity index (χ0n) is 11.1. The molecular weight excluding hydrogens is 326 g/mol. The SMILES string of the molecule is CC(OC(=O)c1cc(Br)ccc1O)C(=O)N1CCCC1. The number of hydrogen-bond acceptors (Lipinski definition) is 4. The highest BCUT2D eigenvalue weighted by atomic mass is 79.9. The van der Waals surface area contributed by atoms with Crippen LogP contribution in [0.25, 0.3) is 0 Å². The minimum Gasteiger partial charge on any atom is -0.507 e. The van der Waals surface area contributed by atoms with Crippen molar-refractivity contribution in [1.29, 1.82) is 0 Å². The number of carbonyl (C=O) groups is 2. The van der Waals surface area contributed by atoms with Crippen LogP contribution >= 0.6 is 15.9 Å². The van der Waals surface area contributed by atoms with Crippen molar-refractivity contribution in [3.05, 3.63) is 28.2 Å². The molecule has 0 bridgehead atoms. The van der Waals surface area contributed by atoms with Gasteiger partial charge in [0.2, 0.25) is 0 Å². The number of benzene rings is 1. The van der Waals surface area contributed by atoms with Gasteiger partial charge in [0.15, 0.2) is 6.10 Å². The van der Waals surface area contributed by atoms with Crippen molar-refractivity contribution in [3.63, 3.8) is 0 Å². The third-order valence-electron chi connectivity index (χ3n) is 3.23. The second kappa shape index (κ2) is 6.26. The van der Waals surface area contributed by atoms with Crippen molar-refractivity contribution in [1.82, 2.24) is 4.90 Å². The van der Waals surface area contributed by atoms with E-state index in [1.807, 2.05) is 0 Å². The molecule has 1 unspecified atom stereocenters. The highest BCUT2D eigenvalue weighted by molar-refractivity contribution is 9.10. The summed E-state index contributed by atoms with van der Waals surface area (Å²) in [5.74, 6) is -1.06. The van der Waals surface area contributed by atoms with Gasteiger partial charge in [-0.2, -0.15) is 0 Å². The Hall–Kier alpha value is -1.56. The van der Waals surface area contributed by atoms with Gasteiger partial charge in [-0.25, -0.2) is 4.79 Å². The zero-order chi connectivity index (χ0) is 14.7. The number of aromatic hydroxyl groups is 1. The van der Waals surface area contributed by atoms with Crippen LogP contribution in [0.15, 0.2) is 22.7 Å². The molecule has 5 nitrogen and oxygen atoms in total. The van der Waals surface area contributed by atoms with E-state index in [1.165, 1.54) is 12.1 Å². The molecule has 0 saturated carbocycles. The standard InChI is InChI=1S/C14H16BrNO4/c1-9(13(18)16-6-2-3-7-16)20-14(19)11-8-10(15)4-5-12(11)17/h4-5,8-9,17H,2-3,6-7H2,1H3. The van der Waals surface area contributed by atoms with E-state index in [0.29, 0.717) is 17.6 Å². The van der Waals surface area contributed by atoms with Gasteiger partial charge in [0.25, 0.3) is 5.91 Å². The highest BCUT2D eigenvalue weighted by Crippen LogP contribution is 2.23.